The maximum atomic E-state index is 12.7. The number of hydrogen-bond acceptors (Lipinski definition) is 4. The first-order valence-corrected chi connectivity index (χ1v) is 8.08. The van der Waals surface area contributed by atoms with Gasteiger partial charge in [-0.2, -0.15) is 5.26 Å². The van der Waals surface area contributed by atoms with Crippen molar-refractivity contribution in [3.05, 3.63) is 65.1 Å². The zero-order chi connectivity index (χ0) is 16.0. The van der Waals surface area contributed by atoms with Crippen LogP contribution in [-0.4, -0.2) is 15.5 Å². The van der Waals surface area contributed by atoms with Gasteiger partial charge in [0.2, 0.25) is 9.84 Å². The first-order chi connectivity index (χ1) is 10.6. The predicted octanol–water partition coefficient (Wildman–Crippen LogP) is 3.42. The number of nitrogens with zero attached hydrogens (tertiary/aromatic N) is 1. The lowest BCUT2D eigenvalue weighted by atomic mass is 10.2. The molecule has 0 atom stereocenters. The van der Waals surface area contributed by atoms with Crippen molar-refractivity contribution in [2.75, 3.05) is 7.11 Å². The molecule has 22 heavy (non-hydrogen) atoms. The largest absolute Gasteiger partial charge is 0.496 e. The molecule has 0 saturated carbocycles. The number of benzene rings is 2. The fourth-order valence-corrected chi connectivity index (χ4v) is 3.37. The van der Waals surface area contributed by atoms with Crippen molar-refractivity contribution in [2.45, 2.75) is 11.3 Å². The molecular weight excluding hydrogens is 298 g/mol. The summed E-state index contributed by atoms with van der Waals surface area (Å²) in [5, 5.41) is 8.96. The van der Waals surface area contributed by atoms with Crippen molar-refractivity contribution in [2.24, 2.45) is 0 Å². The molecular formula is C17H15NO3S. The van der Waals surface area contributed by atoms with Gasteiger partial charge in [-0.3, -0.25) is 0 Å². The Morgan fingerprint density at radius 1 is 1.14 bits per heavy atom. The van der Waals surface area contributed by atoms with E-state index in [2.05, 4.69) is 0 Å². The van der Waals surface area contributed by atoms with Crippen LogP contribution in [0.25, 0.3) is 6.08 Å². The van der Waals surface area contributed by atoms with E-state index in [-0.39, 0.29) is 16.2 Å². The molecule has 4 nitrogen and oxygen atoms in total. The zero-order valence-electron chi connectivity index (χ0n) is 12.1. The van der Waals surface area contributed by atoms with E-state index in [0.29, 0.717) is 11.3 Å². The summed E-state index contributed by atoms with van der Waals surface area (Å²) in [6.07, 6.45) is 1.29. The molecule has 0 aliphatic rings. The van der Waals surface area contributed by atoms with Crippen LogP contribution in [0.15, 0.2) is 64.4 Å². The molecule has 112 valence electrons. The van der Waals surface area contributed by atoms with Gasteiger partial charge in [-0.25, -0.2) is 8.42 Å². The van der Waals surface area contributed by atoms with E-state index < -0.39 is 9.84 Å². The van der Waals surface area contributed by atoms with Gasteiger partial charge in [0.05, 0.1) is 29.4 Å². The highest BCUT2D eigenvalue weighted by molar-refractivity contribution is 7.95. The first kappa shape index (κ1) is 15.8. The predicted molar refractivity (Wildman–Crippen MR) is 84.8 cm³/mol. The Morgan fingerprint density at radius 3 is 2.41 bits per heavy atom. The monoisotopic (exact) mass is 313 g/mol. The smallest absolute Gasteiger partial charge is 0.203 e. The molecule has 0 aliphatic heterocycles. The van der Waals surface area contributed by atoms with Crippen LogP contribution in [0.4, 0.5) is 0 Å². The van der Waals surface area contributed by atoms with Crippen LogP contribution in [0.1, 0.15) is 12.0 Å². The van der Waals surface area contributed by atoms with E-state index in [1.807, 2.05) is 6.07 Å². The molecule has 2 rings (SSSR count). The van der Waals surface area contributed by atoms with Gasteiger partial charge in [-0.1, -0.05) is 36.4 Å². The Kier molecular flexibility index (Phi) is 4.97. The second-order valence-electron chi connectivity index (χ2n) is 4.50. The summed E-state index contributed by atoms with van der Waals surface area (Å²) in [6.45, 7) is 0. The molecule has 0 spiro atoms. The standard InChI is InChI=1S/C17H15NO3S/c1-21-17-10-6-5-7-14(17)13-16(11-12-18)22(19,20)15-8-3-2-4-9-15/h2-10,13H,11H2,1H3/b16-13+. The van der Waals surface area contributed by atoms with Gasteiger partial charge < -0.3 is 4.74 Å². The molecule has 2 aromatic carbocycles. The van der Waals surface area contributed by atoms with Crippen LogP contribution in [0.5, 0.6) is 5.75 Å². The highest BCUT2D eigenvalue weighted by atomic mass is 32.2. The van der Waals surface area contributed by atoms with E-state index in [1.54, 1.807) is 42.5 Å². The van der Waals surface area contributed by atoms with Crippen LogP contribution < -0.4 is 4.74 Å². The van der Waals surface area contributed by atoms with Crippen LogP contribution in [0.2, 0.25) is 0 Å². The topological polar surface area (TPSA) is 67.2 Å². The maximum absolute atomic E-state index is 12.7. The lowest BCUT2D eigenvalue weighted by Gasteiger charge is -2.08. The molecule has 0 aromatic heterocycles. The quantitative estimate of drug-likeness (QED) is 0.848. The number of methoxy groups -OCH3 is 1. The molecule has 0 unspecified atom stereocenters. The third-order valence-corrected chi connectivity index (χ3v) is 4.95. The normalized spacial score (nSPS) is 11.7. The Morgan fingerprint density at radius 2 is 1.77 bits per heavy atom. The second-order valence-corrected chi connectivity index (χ2v) is 6.51. The number of hydrogen-bond donors (Lipinski definition) is 0. The highest BCUT2D eigenvalue weighted by Gasteiger charge is 2.20. The lowest BCUT2D eigenvalue weighted by molar-refractivity contribution is 0.414. The first-order valence-electron chi connectivity index (χ1n) is 6.60. The van der Waals surface area contributed by atoms with Gasteiger partial charge in [0.25, 0.3) is 0 Å². The summed E-state index contributed by atoms with van der Waals surface area (Å²) in [6, 6.07) is 17.1. The summed E-state index contributed by atoms with van der Waals surface area (Å²) in [5.74, 6) is 0.557. The Balaban J connectivity index is 2.56. The van der Waals surface area contributed by atoms with Crippen LogP contribution in [0, 0.1) is 11.3 Å². The number of ether oxygens (including phenoxy) is 1. The summed E-state index contributed by atoms with van der Waals surface area (Å²) < 4.78 is 30.6. The Bertz CT molecular complexity index is 818. The summed E-state index contributed by atoms with van der Waals surface area (Å²) in [7, 11) is -2.19. The molecule has 0 amide bonds. The molecule has 0 aliphatic carbocycles. The summed E-state index contributed by atoms with van der Waals surface area (Å²) in [5.41, 5.74) is 0.620. The van der Waals surface area contributed by atoms with Crippen molar-refractivity contribution < 1.29 is 13.2 Å². The van der Waals surface area contributed by atoms with Gasteiger partial charge in [-0.05, 0) is 24.3 Å². The molecule has 0 saturated heterocycles. The molecule has 0 heterocycles. The summed E-state index contributed by atoms with van der Waals surface area (Å²) >= 11 is 0. The molecule has 0 fully saturated rings. The van der Waals surface area contributed by atoms with Gasteiger partial charge >= 0.3 is 0 Å². The second kappa shape index (κ2) is 6.92. The maximum Gasteiger partial charge on any atom is 0.203 e. The molecule has 0 N–H and O–H groups in total. The van der Waals surface area contributed by atoms with Gasteiger partial charge in [0.15, 0.2) is 0 Å². The van der Waals surface area contributed by atoms with Crippen molar-refractivity contribution >= 4 is 15.9 Å². The van der Waals surface area contributed by atoms with E-state index >= 15 is 0 Å². The zero-order valence-corrected chi connectivity index (χ0v) is 12.9. The minimum absolute atomic E-state index is 0.0469. The van der Waals surface area contributed by atoms with Gasteiger partial charge in [-0.15, -0.1) is 0 Å². The summed E-state index contributed by atoms with van der Waals surface area (Å²) in [4.78, 5) is 0.220. The van der Waals surface area contributed by atoms with Crippen molar-refractivity contribution in [1.29, 1.82) is 5.26 Å². The third kappa shape index (κ3) is 3.35. The van der Waals surface area contributed by atoms with Crippen molar-refractivity contribution in [3.8, 4) is 11.8 Å². The van der Waals surface area contributed by atoms with E-state index in [0.717, 1.165) is 0 Å². The van der Waals surface area contributed by atoms with Crippen LogP contribution in [-0.2, 0) is 9.84 Å². The minimum Gasteiger partial charge on any atom is -0.496 e. The van der Waals surface area contributed by atoms with Crippen molar-refractivity contribution in [1.82, 2.24) is 0 Å². The van der Waals surface area contributed by atoms with Crippen molar-refractivity contribution in [3.63, 3.8) is 0 Å². The Labute approximate surface area is 130 Å². The molecule has 2 aromatic rings. The molecule has 0 radical (unpaired) electrons. The molecule has 0 bridgehead atoms. The number of rotatable bonds is 5. The van der Waals surface area contributed by atoms with Gasteiger partial charge in [0.1, 0.15) is 5.75 Å². The van der Waals surface area contributed by atoms with Gasteiger partial charge in [0, 0.05) is 5.56 Å². The van der Waals surface area contributed by atoms with Crippen LogP contribution in [0.3, 0.4) is 0 Å². The lowest BCUT2D eigenvalue weighted by Crippen LogP contribution is -2.04. The third-order valence-electron chi connectivity index (χ3n) is 3.11. The van der Waals surface area contributed by atoms with E-state index in [9.17, 15) is 8.42 Å². The van der Waals surface area contributed by atoms with Crippen LogP contribution >= 0.6 is 0 Å². The number of sulfone groups is 1. The molecule has 5 heteroatoms. The SMILES string of the molecule is COc1ccccc1/C=C(\CC#N)S(=O)(=O)c1ccccc1. The number of para-hydroxylation sites is 1. The number of allylic oxidation sites excluding steroid dienone is 1. The fraction of sp³-hybridized carbons (Fsp3) is 0.118. The number of nitriles is 1. The minimum atomic E-state index is -3.70. The average molecular weight is 313 g/mol. The fourth-order valence-electron chi connectivity index (χ4n) is 2.01. The Hall–Kier alpha value is -2.58. The highest BCUT2D eigenvalue weighted by Crippen LogP contribution is 2.27. The van der Waals surface area contributed by atoms with E-state index in [1.165, 1.54) is 25.3 Å². The average Bonchev–Trinajstić information content (AvgIpc) is 2.55. The van der Waals surface area contributed by atoms with E-state index in [4.69, 9.17) is 10.00 Å².